The third kappa shape index (κ3) is 2.12. The summed E-state index contributed by atoms with van der Waals surface area (Å²) in [5.74, 6) is 4.25. The zero-order chi connectivity index (χ0) is 16.4. The number of hydrogen-bond acceptors (Lipinski definition) is 2. The first-order valence-corrected chi connectivity index (χ1v) is 9.88. The van der Waals surface area contributed by atoms with Gasteiger partial charge in [-0.15, -0.1) is 0 Å². The van der Waals surface area contributed by atoms with E-state index < -0.39 is 0 Å². The summed E-state index contributed by atoms with van der Waals surface area (Å²) in [6, 6.07) is 0. The van der Waals surface area contributed by atoms with Crippen LogP contribution in [-0.4, -0.2) is 11.6 Å². The molecule has 0 aromatic carbocycles. The molecule has 4 aliphatic carbocycles. The first kappa shape index (κ1) is 15.8. The van der Waals surface area contributed by atoms with E-state index >= 15 is 0 Å². The second-order valence-corrected chi connectivity index (χ2v) is 9.68. The Hall–Kier alpha value is -0.660. The van der Waals surface area contributed by atoms with Gasteiger partial charge in [0, 0.05) is 18.8 Å². The fourth-order valence-electron chi connectivity index (χ4n) is 7.71. The van der Waals surface area contributed by atoms with Crippen molar-refractivity contribution >= 4 is 11.6 Å². The van der Waals surface area contributed by atoms with Crippen molar-refractivity contribution in [2.75, 3.05) is 0 Å². The minimum Gasteiger partial charge on any atom is -0.300 e. The van der Waals surface area contributed by atoms with Crippen LogP contribution in [0.2, 0.25) is 0 Å². The van der Waals surface area contributed by atoms with Crippen LogP contribution in [0.4, 0.5) is 0 Å². The quantitative estimate of drug-likeness (QED) is 0.696. The van der Waals surface area contributed by atoms with Crippen molar-refractivity contribution in [3.8, 4) is 0 Å². The Morgan fingerprint density at radius 2 is 1.70 bits per heavy atom. The number of carbonyl (C=O) groups excluding carboxylic acids is 2. The molecule has 0 aliphatic heterocycles. The van der Waals surface area contributed by atoms with Crippen LogP contribution in [0.5, 0.6) is 0 Å². The van der Waals surface area contributed by atoms with Crippen LogP contribution in [0.25, 0.3) is 0 Å². The molecule has 2 nitrogen and oxygen atoms in total. The van der Waals surface area contributed by atoms with Crippen LogP contribution in [0.1, 0.15) is 78.6 Å². The maximum absolute atomic E-state index is 12.2. The van der Waals surface area contributed by atoms with E-state index in [1.807, 2.05) is 6.92 Å². The molecule has 0 N–H and O–H groups in total. The number of carbonyl (C=O) groups is 2. The van der Waals surface area contributed by atoms with E-state index in [4.69, 9.17) is 0 Å². The topological polar surface area (TPSA) is 34.1 Å². The van der Waals surface area contributed by atoms with Gasteiger partial charge in [-0.05, 0) is 86.4 Å². The normalized spacial score (nSPS) is 52.5. The molecule has 0 amide bonds. The first-order valence-electron chi connectivity index (χ1n) is 9.88. The summed E-state index contributed by atoms with van der Waals surface area (Å²) >= 11 is 0. The van der Waals surface area contributed by atoms with E-state index in [2.05, 4.69) is 13.8 Å². The molecule has 23 heavy (non-hydrogen) atoms. The van der Waals surface area contributed by atoms with Gasteiger partial charge in [-0.3, -0.25) is 9.59 Å². The molecule has 128 valence electrons. The lowest BCUT2D eigenvalue weighted by atomic mass is 9.44. The summed E-state index contributed by atoms with van der Waals surface area (Å²) in [4.78, 5) is 24.1. The van der Waals surface area contributed by atoms with E-state index in [1.165, 1.54) is 32.1 Å². The standard InChI is InChI=1S/C21H32O2/c1-13(22)17-6-7-18-16-5-4-14-12-15(23)8-10-20(14,2)19(16)9-11-21(17,18)3/h14,16-19H,4-12H2,1-3H3/t14?,16?,17-,18?,19?,20?,21-/m1/s1. The predicted octanol–water partition coefficient (Wildman–Crippen LogP) is 4.80. The van der Waals surface area contributed by atoms with Gasteiger partial charge in [0.1, 0.15) is 11.6 Å². The zero-order valence-corrected chi connectivity index (χ0v) is 15.1. The molecule has 4 fully saturated rings. The molecule has 5 unspecified atom stereocenters. The Bertz CT molecular complexity index is 538. The fourth-order valence-corrected chi connectivity index (χ4v) is 7.71. The SMILES string of the molecule is CC(=O)[C@H]1CCC2C3CCC4CC(=O)CCC4(C)C3CC[C@@]21C. The summed E-state index contributed by atoms with van der Waals surface area (Å²) < 4.78 is 0. The number of rotatable bonds is 1. The second kappa shape index (κ2) is 5.17. The second-order valence-electron chi connectivity index (χ2n) is 9.68. The lowest BCUT2D eigenvalue weighted by molar-refractivity contribution is -0.143. The summed E-state index contributed by atoms with van der Waals surface area (Å²) in [7, 11) is 0. The molecule has 4 aliphatic rings. The van der Waals surface area contributed by atoms with E-state index in [0.717, 1.165) is 43.4 Å². The van der Waals surface area contributed by atoms with Crippen molar-refractivity contribution in [1.29, 1.82) is 0 Å². The molecule has 2 heteroatoms. The molecule has 7 atom stereocenters. The Morgan fingerprint density at radius 1 is 0.957 bits per heavy atom. The number of fused-ring (bicyclic) bond motifs is 5. The van der Waals surface area contributed by atoms with Crippen molar-refractivity contribution in [2.45, 2.75) is 78.6 Å². The van der Waals surface area contributed by atoms with Gasteiger partial charge in [-0.2, -0.15) is 0 Å². The van der Waals surface area contributed by atoms with Gasteiger partial charge >= 0.3 is 0 Å². The van der Waals surface area contributed by atoms with Gasteiger partial charge in [0.2, 0.25) is 0 Å². The molecule has 0 saturated heterocycles. The lowest BCUT2D eigenvalue weighted by Gasteiger charge is -2.60. The highest BCUT2D eigenvalue weighted by Gasteiger charge is 2.60. The Morgan fingerprint density at radius 3 is 2.43 bits per heavy atom. The third-order valence-corrected chi connectivity index (χ3v) is 8.97. The van der Waals surface area contributed by atoms with Crippen molar-refractivity contribution in [3.05, 3.63) is 0 Å². The van der Waals surface area contributed by atoms with Gasteiger partial charge in [-0.25, -0.2) is 0 Å². The highest BCUT2D eigenvalue weighted by Crippen LogP contribution is 2.67. The average molecular weight is 316 g/mol. The largest absolute Gasteiger partial charge is 0.300 e. The highest BCUT2D eigenvalue weighted by molar-refractivity contribution is 5.80. The Kier molecular flexibility index (Phi) is 3.56. The summed E-state index contributed by atoms with van der Waals surface area (Å²) in [5, 5.41) is 0. The van der Waals surface area contributed by atoms with Crippen molar-refractivity contribution in [1.82, 2.24) is 0 Å². The molecular formula is C21H32O2. The van der Waals surface area contributed by atoms with Crippen LogP contribution in [0.15, 0.2) is 0 Å². The Balaban J connectivity index is 1.63. The van der Waals surface area contributed by atoms with Crippen LogP contribution in [0, 0.1) is 40.4 Å². The minimum atomic E-state index is 0.265. The number of ketones is 2. The maximum atomic E-state index is 12.2. The van der Waals surface area contributed by atoms with Crippen molar-refractivity contribution < 1.29 is 9.59 Å². The van der Waals surface area contributed by atoms with E-state index in [1.54, 1.807) is 0 Å². The Labute approximate surface area is 140 Å². The molecule has 0 aromatic heterocycles. The van der Waals surface area contributed by atoms with E-state index in [-0.39, 0.29) is 5.41 Å². The molecule has 0 heterocycles. The maximum Gasteiger partial charge on any atom is 0.133 e. The number of hydrogen-bond donors (Lipinski definition) is 0. The predicted molar refractivity (Wildman–Crippen MR) is 90.9 cm³/mol. The van der Waals surface area contributed by atoms with Crippen LogP contribution in [0.3, 0.4) is 0 Å². The van der Waals surface area contributed by atoms with E-state index in [9.17, 15) is 9.59 Å². The van der Waals surface area contributed by atoms with Crippen LogP contribution < -0.4 is 0 Å². The molecule has 0 aromatic rings. The molecule has 0 radical (unpaired) electrons. The van der Waals surface area contributed by atoms with Gasteiger partial charge in [0.25, 0.3) is 0 Å². The van der Waals surface area contributed by atoms with Gasteiger partial charge in [0.15, 0.2) is 0 Å². The van der Waals surface area contributed by atoms with E-state index in [0.29, 0.717) is 28.8 Å². The summed E-state index contributed by atoms with van der Waals surface area (Å²) in [6.07, 6.45) is 10.3. The minimum absolute atomic E-state index is 0.265. The molecular weight excluding hydrogens is 284 g/mol. The van der Waals surface area contributed by atoms with Crippen molar-refractivity contribution in [2.24, 2.45) is 40.4 Å². The molecule has 4 saturated carbocycles. The summed E-state index contributed by atoms with van der Waals surface area (Å²) in [5.41, 5.74) is 0.660. The van der Waals surface area contributed by atoms with Crippen molar-refractivity contribution in [3.63, 3.8) is 0 Å². The molecule has 0 spiro atoms. The zero-order valence-electron chi connectivity index (χ0n) is 15.1. The first-order chi connectivity index (χ1) is 10.9. The average Bonchev–Trinajstić information content (AvgIpc) is 2.85. The highest BCUT2D eigenvalue weighted by atomic mass is 16.1. The monoisotopic (exact) mass is 316 g/mol. The van der Waals surface area contributed by atoms with Gasteiger partial charge < -0.3 is 0 Å². The third-order valence-electron chi connectivity index (χ3n) is 8.97. The summed E-state index contributed by atoms with van der Waals surface area (Å²) in [6.45, 7) is 6.74. The van der Waals surface area contributed by atoms with Gasteiger partial charge in [0.05, 0.1) is 0 Å². The fraction of sp³-hybridized carbons (Fsp3) is 0.905. The smallest absolute Gasteiger partial charge is 0.133 e. The molecule has 0 bridgehead atoms. The van der Waals surface area contributed by atoms with Gasteiger partial charge in [-0.1, -0.05) is 13.8 Å². The van der Waals surface area contributed by atoms with Crippen LogP contribution in [-0.2, 0) is 9.59 Å². The lowest BCUT2D eigenvalue weighted by Crippen LogP contribution is -2.53. The molecule has 4 rings (SSSR count). The van der Waals surface area contributed by atoms with Crippen LogP contribution >= 0.6 is 0 Å². The number of Topliss-reactive ketones (excluding diaryl/α,β-unsaturated/α-hetero) is 2.